The molecule has 0 N–H and O–H groups in total. The van der Waals surface area contributed by atoms with Gasteiger partial charge in [0.1, 0.15) is 6.07 Å². The smallest absolute Gasteiger partial charge is 0.102 e. The van der Waals surface area contributed by atoms with Crippen LogP contribution in [0.2, 0.25) is 0 Å². The zero-order chi connectivity index (χ0) is 10.3. The average Bonchev–Trinajstić information content (AvgIpc) is 2.63. The second-order valence-electron chi connectivity index (χ2n) is 3.39. The van der Waals surface area contributed by atoms with E-state index in [1.165, 1.54) is 0 Å². The van der Waals surface area contributed by atoms with Gasteiger partial charge in [-0.25, -0.2) is 0 Å². The number of hydrogen-bond donors (Lipinski definition) is 0. The molecule has 0 amide bonds. The molecule has 2 heteroatoms. The van der Waals surface area contributed by atoms with Gasteiger partial charge in [0.25, 0.3) is 0 Å². The summed E-state index contributed by atoms with van der Waals surface area (Å²) in [7, 11) is 0. The number of nitrogens with zero attached hydrogens (tertiary/aromatic N) is 2. The first kappa shape index (κ1) is 8.07. The van der Waals surface area contributed by atoms with Crippen molar-refractivity contribution < 1.29 is 0 Å². The minimum atomic E-state index is 0.736. The van der Waals surface area contributed by atoms with Crippen molar-refractivity contribution in [1.29, 1.82) is 5.26 Å². The molecule has 0 saturated carbocycles. The lowest BCUT2D eigenvalue weighted by atomic mass is 10.2. The molecule has 0 aliphatic heterocycles. The van der Waals surface area contributed by atoms with Crippen LogP contribution in [0.3, 0.4) is 0 Å². The minimum absolute atomic E-state index is 0.736. The van der Waals surface area contributed by atoms with Gasteiger partial charge in [-0.2, -0.15) is 5.26 Å². The van der Waals surface area contributed by atoms with E-state index in [2.05, 4.69) is 12.1 Å². The molecular formula is C13H7N2. The first-order valence-corrected chi connectivity index (χ1v) is 4.71. The predicted octanol–water partition coefficient (Wildman–Crippen LogP) is 2.76. The van der Waals surface area contributed by atoms with Gasteiger partial charge < -0.3 is 4.40 Å². The molecule has 0 spiro atoms. The van der Waals surface area contributed by atoms with Crippen LogP contribution in [0.1, 0.15) is 5.56 Å². The molecule has 2 heterocycles. The van der Waals surface area contributed by atoms with Gasteiger partial charge in [0.15, 0.2) is 0 Å². The highest BCUT2D eigenvalue weighted by Gasteiger charge is 2.09. The fourth-order valence-corrected chi connectivity index (χ4v) is 1.95. The normalized spacial score (nSPS) is 10.6. The Kier molecular flexibility index (Phi) is 1.54. The van der Waals surface area contributed by atoms with Gasteiger partial charge in [0.05, 0.1) is 16.6 Å². The first-order chi connectivity index (χ1) is 7.42. The van der Waals surface area contributed by atoms with E-state index >= 15 is 0 Å². The molecular weight excluding hydrogens is 184 g/mol. The molecule has 0 atom stereocenters. The lowest BCUT2D eigenvalue weighted by Crippen LogP contribution is -1.81. The van der Waals surface area contributed by atoms with E-state index in [1.807, 2.05) is 47.0 Å². The number of fused-ring (bicyclic) bond motifs is 3. The quantitative estimate of drug-likeness (QED) is 0.537. The highest BCUT2D eigenvalue weighted by molar-refractivity contribution is 5.94. The van der Waals surface area contributed by atoms with Crippen LogP contribution >= 0.6 is 0 Å². The summed E-state index contributed by atoms with van der Waals surface area (Å²) < 4.78 is 1.99. The summed E-state index contributed by atoms with van der Waals surface area (Å²) in [5, 5.41) is 10.1. The molecule has 3 rings (SSSR count). The van der Waals surface area contributed by atoms with Crippen molar-refractivity contribution in [3.8, 4) is 6.07 Å². The lowest BCUT2D eigenvalue weighted by Gasteiger charge is -1.93. The van der Waals surface area contributed by atoms with Crippen LogP contribution in [0, 0.1) is 17.4 Å². The molecule has 2 aromatic heterocycles. The summed E-state index contributed by atoms with van der Waals surface area (Å²) in [6.45, 7) is 0. The Morgan fingerprint density at radius 3 is 2.87 bits per heavy atom. The van der Waals surface area contributed by atoms with Crippen molar-refractivity contribution in [1.82, 2.24) is 4.40 Å². The summed E-state index contributed by atoms with van der Waals surface area (Å²) in [6.07, 6.45) is 1.86. The number of para-hydroxylation sites is 1. The van der Waals surface area contributed by atoms with Gasteiger partial charge in [-0.15, -0.1) is 0 Å². The zero-order valence-electron chi connectivity index (χ0n) is 7.94. The number of nitriles is 1. The first-order valence-electron chi connectivity index (χ1n) is 4.71. The van der Waals surface area contributed by atoms with Crippen LogP contribution in [0.5, 0.6) is 0 Å². The van der Waals surface area contributed by atoms with Crippen molar-refractivity contribution in [3.63, 3.8) is 0 Å². The summed E-state index contributed by atoms with van der Waals surface area (Å²) >= 11 is 0. The van der Waals surface area contributed by atoms with Gasteiger partial charge in [-0.3, -0.25) is 0 Å². The molecule has 1 aromatic carbocycles. The molecule has 1 radical (unpaired) electrons. The fraction of sp³-hybridized carbons (Fsp3) is 0. The van der Waals surface area contributed by atoms with Gasteiger partial charge in [-0.05, 0) is 18.2 Å². The number of rotatable bonds is 0. The van der Waals surface area contributed by atoms with E-state index in [0.717, 1.165) is 22.0 Å². The van der Waals surface area contributed by atoms with Crippen LogP contribution in [0.15, 0.2) is 42.6 Å². The van der Waals surface area contributed by atoms with Crippen molar-refractivity contribution >= 4 is 16.4 Å². The Bertz CT molecular complexity index is 633. The standard InChI is InChI=1S/C13H7N2/c14-9-11-10-5-1-2-6-12(10)15-8-4-3-7-13(11)15/h1-3,5-8H. The molecule has 0 saturated heterocycles. The van der Waals surface area contributed by atoms with Gasteiger partial charge in [-0.1, -0.05) is 24.3 Å². The molecule has 15 heavy (non-hydrogen) atoms. The van der Waals surface area contributed by atoms with E-state index in [4.69, 9.17) is 5.26 Å². The zero-order valence-corrected chi connectivity index (χ0v) is 7.94. The van der Waals surface area contributed by atoms with Crippen molar-refractivity contribution in [3.05, 3.63) is 54.2 Å². The molecule has 69 valence electrons. The van der Waals surface area contributed by atoms with Crippen LogP contribution in [-0.4, -0.2) is 4.40 Å². The maximum absolute atomic E-state index is 9.15. The Hall–Kier alpha value is -2.27. The maximum Gasteiger partial charge on any atom is 0.102 e. The summed E-state index contributed by atoms with van der Waals surface area (Å²) in [6, 6.07) is 16.9. The number of benzene rings is 1. The Morgan fingerprint density at radius 2 is 2.00 bits per heavy atom. The van der Waals surface area contributed by atoms with E-state index in [1.54, 1.807) is 0 Å². The average molecular weight is 191 g/mol. The Balaban J connectivity index is 2.70. The summed E-state index contributed by atoms with van der Waals surface area (Å²) in [4.78, 5) is 0. The van der Waals surface area contributed by atoms with E-state index in [-0.39, 0.29) is 0 Å². The van der Waals surface area contributed by atoms with Gasteiger partial charge in [0.2, 0.25) is 0 Å². The third kappa shape index (κ3) is 0.976. The van der Waals surface area contributed by atoms with E-state index in [0.29, 0.717) is 0 Å². The molecule has 0 aliphatic rings. The minimum Gasteiger partial charge on any atom is -0.315 e. The van der Waals surface area contributed by atoms with E-state index in [9.17, 15) is 0 Å². The van der Waals surface area contributed by atoms with Crippen LogP contribution in [-0.2, 0) is 0 Å². The molecule has 0 aliphatic carbocycles. The van der Waals surface area contributed by atoms with Crippen LogP contribution in [0.25, 0.3) is 16.4 Å². The van der Waals surface area contributed by atoms with Crippen LogP contribution in [0.4, 0.5) is 0 Å². The Labute approximate surface area is 87.0 Å². The molecule has 3 aromatic rings. The number of aromatic nitrogens is 1. The summed E-state index contributed by atoms with van der Waals surface area (Å²) in [5.41, 5.74) is 2.73. The number of pyridine rings is 1. The monoisotopic (exact) mass is 191 g/mol. The van der Waals surface area contributed by atoms with Crippen molar-refractivity contribution in [2.75, 3.05) is 0 Å². The molecule has 0 fully saturated rings. The third-order valence-electron chi connectivity index (χ3n) is 2.60. The number of hydrogen-bond acceptors (Lipinski definition) is 1. The second kappa shape index (κ2) is 2.86. The Morgan fingerprint density at radius 1 is 1.13 bits per heavy atom. The SMILES string of the molecule is N#Cc1c2ccccc2n2c[c]ccc12. The van der Waals surface area contributed by atoms with Crippen LogP contribution < -0.4 is 0 Å². The molecule has 0 unspecified atom stereocenters. The topological polar surface area (TPSA) is 28.2 Å². The maximum atomic E-state index is 9.15. The molecule has 2 nitrogen and oxygen atoms in total. The largest absolute Gasteiger partial charge is 0.315 e. The van der Waals surface area contributed by atoms with Crippen molar-refractivity contribution in [2.24, 2.45) is 0 Å². The highest BCUT2D eigenvalue weighted by Crippen LogP contribution is 2.25. The molecule has 0 bridgehead atoms. The van der Waals surface area contributed by atoms with E-state index < -0.39 is 0 Å². The predicted molar refractivity (Wildman–Crippen MR) is 58.5 cm³/mol. The lowest BCUT2D eigenvalue weighted by molar-refractivity contribution is 1.25. The third-order valence-corrected chi connectivity index (χ3v) is 2.60. The highest BCUT2D eigenvalue weighted by atomic mass is 14.9. The van der Waals surface area contributed by atoms with Gasteiger partial charge >= 0.3 is 0 Å². The second-order valence-corrected chi connectivity index (χ2v) is 3.39. The fourth-order valence-electron chi connectivity index (χ4n) is 1.95. The van der Waals surface area contributed by atoms with Crippen molar-refractivity contribution in [2.45, 2.75) is 0 Å². The van der Waals surface area contributed by atoms with Gasteiger partial charge in [0, 0.05) is 11.6 Å². The summed E-state index contributed by atoms with van der Waals surface area (Å²) in [5.74, 6) is 0.